The lowest BCUT2D eigenvalue weighted by Crippen LogP contribution is -2.36. The number of nitrogens with one attached hydrogen (secondary N) is 1. The number of carbonyl (C=O) groups is 3. The minimum atomic E-state index is -0.916. The molecule has 3 atom stereocenters. The Labute approximate surface area is 176 Å². The molecule has 0 bridgehead atoms. The number of carboxylic acid groups (broad SMARTS) is 1. The molecule has 0 aliphatic heterocycles. The van der Waals surface area contributed by atoms with Crippen molar-refractivity contribution in [3.05, 3.63) is 16.0 Å². The molecule has 6 nitrogen and oxygen atoms in total. The van der Waals surface area contributed by atoms with Crippen LogP contribution in [0.25, 0.3) is 0 Å². The molecule has 29 heavy (non-hydrogen) atoms. The van der Waals surface area contributed by atoms with Gasteiger partial charge in [-0.15, -0.1) is 11.3 Å². The van der Waals surface area contributed by atoms with Crippen LogP contribution in [-0.2, 0) is 27.2 Å². The first-order valence-electron chi connectivity index (χ1n) is 10.7. The minimum Gasteiger partial charge on any atom is -0.481 e. The van der Waals surface area contributed by atoms with Crippen LogP contribution in [0.15, 0.2) is 0 Å². The van der Waals surface area contributed by atoms with Crippen LogP contribution in [-0.4, -0.2) is 29.1 Å². The van der Waals surface area contributed by atoms with Gasteiger partial charge in [-0.25, -0.2) is 4.79 Å². The van der Waals surface area contributed by atoms with Gasteiger partial charge in [0.1, 0.15) is 5.00 Å². The quantitative estimate of drug-likeness (QED) is 0.652. The lowest BCUT2D eigenvalue weighted by atomic mass is 9.78. The van der Waals surface area contributed by atoms with E-state index in [-0.39, 0.29) is 12.0 Å². The first-order valence-corrected chi connectivity index (χ1v) is 11.5. The molecule has 1 amide bonds. The predicted octanol–water partition coefficient (Wildman–Crippen LogP) is 4.66. The first kappa shape index (κ1) is 21.8. The van der Waals surface area contributed by atoms with Crippen LogP contribution in [0.4, 0.5) is 5.00 Å². The second-order valence-corrected chi connectivity index (χ2v) is 9.61. The molecule has 2 aliphatic rings. The average Bonchev–Trinajstić information content (AvgIpc) is 3.04. The molecule has 0 unspecified atom stereocenters. The van der Waals surface area contributed by atoms with Crippen molar-refractivity contribution in [1.29, 1.82) is 0 Å². The van der Waals surface area contributed by atoms with Crippen molar-refractivity contribution in [2.45, 2.75) is 78.2 Å². The third kappa shape index (κ3) is 4.82. The molecule has 160 valence electrons. The number of anilines is 1. The summed E-state index contributed by atoms with van der Waals surface area (Å²) in [7, 11) is 0. The zero-order chi connectivity index (χ0) is 21.1. The molecule has 1 saturated carbocycles. The highest BCUT2D eigenvalue weighted by Gasteiger charge is 2.37. The Morgan fingerprint density at radius 3 is 2.48 bits per heavy atom. The Hall–Kier alpha value is -1.89. The van der Waals surface area contributed by atoms with Crippen molar-refractivity contribution in [3.8, 4) is 0 Å². The Balaban J connectivity index is 1.89. The van der Waals surface area contributed by atoms with Crippen LogP contribution in [0.5, 0.6) is 0 Å². The molecule has 0 aromatic carbocycles. The number of fused-ring (bicyclic) bond motifs is 1. The number of hydrogen-bond donors (Lipinski definition) is 2. The maximum absolute atomic E-state index is 13.0. The molecular weight excluding hydrogens is 390 g/mol. The van der Waals surface area contributed by atoms with Crippen molar-refractivity contribution in [2.75, 3.05) is 5.32 Å². The van der Waals surface area contributed by atoms with Gasteiger partial charge in [0.15, 0.2) is 0 Å². The van der Waals surface area contributed by atoms with E-state index in [2.05, 4.69) is 12.2 Å². The van der Waals surface area contributed by atoms with Gasteiger partial charge in [0.05, 0.1) is 23.5 Å². The summed E-state index contributed by atoms with van der Waals surface area (Å²) in [5.74, 6) is -2.23. The third-order valence-corrected chi connectivity index (χ3v) is 7.32. The van der Waals surface area contributed by atoms with E-state index < -0.39 is 23.8 Å². The summed E-state index contributed by atoms with van der Waals surface area (Å²) in [5.41, 5.74) is 1.48. The molecule has 1 fully saturated rings. The largest absolute Gasteiger partial charge is 0.481 e. The van der Waals surface area contributed by atoms with E-state index in [9.17, 15) is 19.5 Å². The molecular formula is C22H31NO5S. The summed E-state index contributed by atoms with van der Waals surface area (Å²) in [6.07, 6.45) is 6.36. The monoisotopic (exact) mass is 421 g/mol. The number of amides is 1. The number of esters is 1. The topological polar surface area (TPSA) is 92.7 Å². The standard InChI is InChI=1S/C22H31NO5S/c1-4-13-9-10-16-17(11-13)29-20(18(16)22(27)28-12(2)3)23-19(24)14-7-5-6-8-15(14)21(25)26/h12-15H,4-11H2,1-3H3,(H,23,24)(H,25,26)/t13-,14-,15+/m1/s1. The van der Waals surface area contributed by atoms with Gasteiger partial charge in [-0.1, -0.05) is 26.2 Å². The molecule has 2 aliphatic carbocycles. The fourth-order valence-electron chi connectivity index (χ4n) is 4.52. The van der Waals surface area contributed by atoms with Crippen molar-refractivity contribution in [3.63, 3.8) is 0 Å². The lowest BCUT2D eigenvalue weighted by Gasteiger charge is -2.27. The van der Waals surface area contributed by atoms with Crippen LogP contribution in [0.2, 0.25) is 0 Å². The summed E-state index contributed by atoms with van der Waals surface area (Å²) >= 11 is 1.46. The molecule has 0 saturated heterocycles. The SMILES string of the molecule is CC[C@@H]1CCc2c(sc(NC(=O)[C@@H]3CCCC[C@@H]3C(=O)O)c2C(=O)OC(C)C)C1. The Bertz CT molecular complexity index is 784. The number of hydrogen-bond acceptors (Lipinski definition) is 5. The van der Waals surface area contributed by atoms with Crippen LogP contribution >= 0.6 is 11.3 Å². The zero-order valence-corrected chi connectivity index (χ0v) is 18.3. The van der Waals surface area contributed by atoms with Gasteiger partial charge in [-0.05, 0) is 57.4 Å². The zero-order valence-electron chi connectivity index (χ0n) is 17.5. The summed E-state index contributed by atoms with van der Waals surface area (Å²) in [6, 6.07) is 0. The van der Waals surface area contributed by atoms with Gasteiger partial charge in [0, 0.05) is 4.88 Å². The molecule has 1 heterocycles. The van der Waals surface area contributed by atoms with E-state index in [1.165, 1.54) is 11.3 Å². The molecule has 3 rings (SSSR count). The Kier molecular flexibility index (Phi) is 6.98. The number of aliphatic carboxylic acids is 1. The Morgan fingerprint density at radius 1 is 1.17 bits per heavy atom. The highest BCUT2D eigenvalue weighted by atomic mass is 32.1. The number of thiophene rings is 1. The number of carbonyl (C=O) groups excluding carboxylic acids is 2. The van der Waals surface area contributed by atoms with E-state index in [1.807, 2.05) is 13.8 Å². The molecule has 0 spiro atoms. The van der Waals surface area contributed by atoms with Crippen LogP contribution in [0, 0.1) is 17.8 Å². The van der Waals surface area contributed by atoms with E-state index in [0.29, 0.717) is 29.3 Å². The molecule has 2 N–H and O–H groups in total. The van der Waals surface area contributed by atoms with Crippen LogP contribution in [0.1, 0.15) is 80.1 Å². The maximum Gasteiger partial charge on any atom is 0.341 e. The van der Waals surface area contributed by atoms with Crippen LogP contribution in [0.3, 0.4) is 0 Å². The van der Waals surface area contributed by atoms with Gasteiger partial charge in [0.2, 0.25) is 5.91 Å². The van der Waals surface area contributed by atoms with Gasteiger partial charge in [-0.2, -0.15) is 0 Å². The lowest BCUT2D eigenvalue weighted by molar-refractivity contribution is -0.147. The molecule has 1 aromatic heterocycles. The molecule has 0 radical (unpaired) electrons. The molecule has 1 aromatic rings. The smallest absolute Gasteiger partial charge is 0.341 e. The van der Waals surface area contributed by atoms with Gasteiger partial charge in [-0.3, -0.25) is 9.59 Å². The normalized spacial score (nSPS) is 24.1. The molecule has 7 heteroatoms. The van der Waals surface area contributed by atoms with Crippen molar-refractivity contribution >= 4 is 34.2 Å². The number of carboxylic acids is 1. The minimum absolute atomic E-state index is 0.247. The van der Waals surface area contributed by atoms with Crippen molar-refractivity contribution < 1.29 is 24.2 Å². The van der Waals surface area contributed by atoms with Crippen LogP contribution < -0.4 is 5.32 Å². The second-order valence-electron chi connectivity index (χ2n) is 8.50. The summed E-state index contributed by atoms with van der Waals surface area (Å²) in [6.45, 7) is 5.79. The van der Waals surface area contributed by atoms with Crippen molar-refractivity contribution in [2.24, 2.45) is 17.8 Å². The van der Waals surface area contributed by atoms with E-state index in [4.69, 9.17) is 4.74 Å². The second kappa shape index (κ2) is 9.28. The summed E-state index contributed by atoms with van der Waals surface area (Å²) in [4.78, 5) is 38.6. The van der Waals surface area contributed by atoms with Gasteiger partial charge < -0.3 is 15.2 Å². The maximum atomic E-state index is 13.0. The summed E-state index contributed by atoms with van der Waals surface area (Å²) in [5, 5.41) is 13.0. The Morgan fingerprint density at radius 2 is 1.86 bits per heavy atom. The van der Waals surface area contributed by atoms with E-state index in [1.54, 1.807) is 0 Å². The predicted molar refractivity (Wildman–Crippen MR) is 112 cm³/mol. The number of rotatable bonds is 6. The first-order chi connectivity index (χ1) is 13.8. The number of ether oxygens (including phenoxy) is 1. The fraction of sp³-hybridized carbons (Fsp3) is 0.682. The highest BCUT2D eigenvalue weighted by Crippen LogP contribution is 2.41. The van der Waals surface area contributed by atoms with Crippen molar-refractivity contribution in [1.82, 2.24) is 0 Å². The third-order valence-electron chi connectivity index (χ3n) is 6.15. The average molecular weight is 422 g/mol. The summed E-state index contributed by atoms with van der Waals surface area (Å²) < 4.78 is 5.46. The van der Waals surface area contributed by atoms with E-state index >= 15 is 0 Å². The highest BCUT2D eigenvalue weighted by molar-refractivity contribution is 7.17. The van der Waals surface area contributed by atoms with E-state index in [0.717, 1.165) is 49.0 Å². The fourth-order valence-corrected chi connectivity index (χ4v) is 5.88. The van der Waals surface area contributed by atoms with Gasteiger partial charge >= 0.3 is 11.9 Å². The van der Waals surface area contributed by atoms with Gasteiger partial charge in [0.25, 0.3) is 0 Å².